The van der Waals surface area contributed by atoms with Crippen molar-refractivity contribution in [3.8, 4) is 0 Å². The third-order valence-electron chi connectivity index (χ3n) is 17.2. The largest absolute Gasteiger partial charge is 0.378 e. The summed E-state index contributed by atoms with van der Waals surface area (Å²) in [5.74, 6) is 3.42. The number of hydrogen-bond donors (Lipinski definition) is 1. The molecule has 6 saturated carbocycles. The van der Waals surface area contributed by atoms with Crippen molar-refractivity contribution >= 4 is 11.8 Å². The molecule has 11 atom stereocenters. The number of morpholine rings is 1. The number of allylic oxidation sites excluding steroid dienone is 1. The van der Waals surface area contributed by atoms with E-state index in [9.17, 15) is 9.59 Å². The van der Waals surface area contributed by atoms with Gasteiger partial charge < -0.3 is 15.0 Å². The highest BCUT2D eigenvalue weighted by Crippen LogP contribution is 2.77. The van der Waals surface area contributed by atoms with Gasteiger partial charge in [0.2, 0.25) is 11.8 Å². The summed E-state index contributed by atoms with van der Waals surface area (Å²) < 4.78 is 5.50. The molecule has 5 nitrogen and oxygen atoms in total. The maximum absolute atomic E-state index is 14.8. The van der Waals surface area contributed by atoms with Gasteiger partial charge >= 0.3 is 0 Å². The molecule has 1 heterocycles. The molecule has 5 heteroatoms. The first-order valence-electron chi connectivity index (χ1n) is 19.2. The molecule has 1 aliphatic heterocycles. The third-order valence-corrected chi connectivity index (χ3v) is 17.2. The number of carbonyl (C=O) groups is 2. The van der Waals surface area contributed by atoms with Crippen molar-refractivity contribution in [1.29, 1.82) is 0 Å². The van der Waals surface area contributed by atoms with Crippen LogP contribution in [0.3, 0.4) is 0 Å². The van der Waals surface area contributed by atoms with E-state index in [2.05, 4.69) is 73.7 Å². The van der Waals surface area contributed by atoms with Crippen LogP contribution in [0.25, 0.3) is 0 Å². The highest BCUT2D eigenvalue weighted by atomic mass is 16.5. The normalized spacial score (nSPS) is 49.0. The fraction of sp³-hybridized carbons (Fsp3) is 0.878. The van der Waals surface area contributed by atoms with Crippen LogP contribution < -0.4 is 5.32 Å². The quantitative estimate of drug-likeness (QED) is 0.317. The van der Waals surface area contributed by atoms with Crippen LogP contribution in [0.2, 0.25) is 0 Å². The van der Waals surface area contributed by atoms with Crippen LogP contribution in [0.4, 0.5) is 0 Å². The predicted octanol–water partition coefficient (Wildman–Crippen LogP) is 8.24. The zero-order valence-electron chi connectivity index (χ0n) is 30.6. The van der Waals surface area contributed by atoms with Gasteiger partial charge in [0.1, 0.15) is 0 Å². The number of amides is 2. The van der Waals surface area contributed by atoms with Crippen molar-refractivity contribution in [2.24, 2.45) is 68.0 Å². The Bertz CT molecular complexity index is 1270. The van der Waals surface area contributed by atoms with Crippen LogP contribution in [0, 0.1) is 74.4 Å². The van der Waals surface area contributed by atoms with Crippen molar-refractivity contribution in [2.75, 3.05) is 26.3 Å². The second-order valence-corrected chi connectivity index (χ2v) is 19.5. The smallest absolute Gasteiger partial charge is 0.226 e. The molecule has 1 saturated heterocycles. The fourth-order valence-corrected chi connectivity index (χ4v) is 14.3. The molecule has 46 heavy (non-hydrogen) atoms. The lowest BCUT2D eigenvalue weighted by atomic mass is 9.32. The number of rotatable bonds is 4. The average molecular weight is 634 g/mol. The van der Waals surface area contributed by atoms with Gasteiger partial charge in [-0.15, -0.1) is 0 Å². The second kappa shape index (κ2) is 10.8. The number of hydrogen-bond acceptors (Lipinski definition) is 3. The SMILES string of the molecule is C=C(C)[C@@H]1CC[C@]2(C(=O)N[C@@H]3C[C@H](C(=O)N4CCOCC4)C3(C)C)CC[C@]3(C)[C@H](CC[C@@H]4[C@]5(C)CC[CH]C(C)(C)[C@H]5CC[C@]43C)[C@@H]12. The van der Waals surface area contributed by atoms with Crippen molar-refractivity contribution in [3.63, 3.8) is 0 Å². The zero-order chi connectivity index (χ0) is 33.1. The van der Waals surface area contributed by atoms with Gasteiger partial charge in [0, 0.05) is 25.0 Å². The topological polar surface area (TPSA) is 58.6 Å². The molecule has 0 bridgehead atoms. The standard InChI is InChI=1S/C41H65N2O3/c1-26(2)27-13-18-41(35(45)42-32-25-29(37(32,5)6)34(44)43-21-23-46-24-22-43)20-19-39(8)28(33(27)41)11-12-31-38(7)16-10-15-36(3,4)30(38)14-17-40(31,39)9/h15,27-33H,1,10-14,16-25H2,2-9H3,(H,42,45)/t27-,28+,29+,30+,31+,32+,33+,38+,39+,40+,41-/m0/s1. The Kier molecular flexibility index (Phi) is 7.80. The summed E-state index contributed by atoms with van der Waals surface area (Å²) in [4.78, 5) is 30.3. The van der Waals surface area contributed by atoms with Crippen LogP contribution in [0.5, 0.6) is 0 Å². The van der Waals surface area contributed by atoms with Crippen LogP contribution in [-0.4, -0.2) is 49.1 Å². The lowest BCUT2D eigenvalue weighted by Gasteiger charge is -2.72. The van der Waals surface area contributed by atoms with E-state index in [-0.39, 0.29) is 34.1 Å². The molecule has 257 valence electrons. The molecule has 7 rings (SSSR count). The molecule has 0 spiro atoms. The number of nitrogens with zero attached hydrogens (tertiary/aromatic N) is 1. The Balaban J connectivity index is 1.15. The first-order valence-corrected chi connectivity index (χ1v) is 19.2. The zero-order valence-corrected chi connectivity index (χ0v) is 30.6. The number of carbonyl (C=O) groups excluding carboxylic acids is 2. The summed E-state index contributed by atoms with van der Waals surface area (Å²) in [5, 5.41) is 3.64. The second-order valence-electron chi connectivity index (χ2n) is 19.5. The van der Waals surface area contributed by atoms with Gasteiger partial charge in [-0.05, 0) is 141 Å². The number of nitrogens with one attached hydrogen (secondary N) is 1. The Morgan fingerprint density at radius 3 is 2.24 bits per heavy atom. The molecule has 0 unspecified atom stereocenters. The minimum absolute atomic E-state index is 0.0281. The van der Waals surface area contributed by atoms with Gasteiger partial charge in [-0.2, -0.15) is 0 Å². The Labute approximate surface area is 280 Å². The van der Waals surface area contributed by atoms with Crippen molar-refractivity contribution in [3.05, 3.63) is 18.6 Å². The van der Waals surface area contributed by atoms with Gasteiger partial charge in [0.15, 0.2) is 0 Å². The van der Waals surface area contributed by atoms with Crippen molar-refractivity contribution in [1.82, 2.24) is 10.2 Å². The third kappa shape index (κ3) is 4.40. The van der Waals surface area contributed by atoms with E-state index in [1.165, 1.54) is 50.5 Å². The monoisotopic (exact) mass is 633 g/mol. The molecule has 0 aromatic rings. The Morgan fingerprint density at radius 2 is 1.57 bits per heavy atom. The minimum Gasteiger partial charge on any atom is -0.378 e. The molecular formula is C41H65N2O3. The lowest BCUT2D eigenvalue weighted by molar-refractivity contribution is -0.231. The van der Waals surface area contributed by atoms with E-state index in [0.717, 1.165) is 37.5 Å². The van der Waals surface area contributed by atoms with Gasteiger partial charge in [-0.1, -0.05) is 60.6 Å². The lowest BCUT2D eigenvalue weighted by Crippen LogP contribution is -2.68. The fourth-order valence-electron chi connectivity index (χ4n) is 14.3. The molecular weight excluding hydrogens is 568 g/mol. The first kappa shape index (κ1) is 33.2. The van der Waals surface area contributed by atoms with Gasteiger partial charge in [0.25, 0.3) is 0 Å². The minimum atomic E-state index is -0.310. The Morgan fingerprint density at radius 1 is 0.848 bits per heavy atom. The maximum atomic E-state index is 14.8. The van der Waals surface area contributed by atoms with Gasteiger partial charge in [0.05, 0.1) is 18.6 Å². The van der Waals surface area contributed by atoms with E-state index in [1.807, 2.05) is 4.90 Å². The van der Waals surface area contributed by atoms with E-state index in [4.69, 9.17) is 4.74 Å². The molecule has 6 aliphatic carbocycles. The summed E-state index contributed by atoms with van der Waals surface area (Å²) >= 11 is 0. The summed E-state index contributed by atoms with van der Waals surface area (Å²) in [6, 6.07) is 0.0529. The van der Waals surface area contributed by atoms with Gasteiger partial charge in [-0.25, -0.2) is 0 Å². The van der Waals surface area contributed by atoms with E-state index >= 15 is 0 Å². The molecule has 2 amide bonds. The van der Waals surface area contributed by atoms with Crippen LogP contribution in [-0.2, 0) is 14.3 Å². The molecule has 1 radical (unpaired) electrons. The average Bonchev–Trinajstić information content (AvgIpc) is 3.40. The van der Waals surface area contributed by atoms with Crippen molar-refractivity contribution in [2.45, 2.75) is 132 Å². The predicted molar refractivity (Wildman–Crippen MR) is 184 cm³/mol. The molecule has 7 aliphatic rings. The summed E-state index contributed by atoms with van der Waals surface area (Å²) in [6.07, 6.45) is 15.5. The molecule has 1 N–H and O–H groups in total. The van der Waals surface area contributed by atoms with Gasteiger partial charge in [-0.3, -0.25) is 9.59 Å². The molecule has 7 fully saturated rings. The highest BCUT2D eigenvalue weighted by molar-refractivity contribution is 5.86. The summed E-state index contributed by atoms with van der Waals surface area (Å²) in [5.41, 5.74) is 2.02. The van der Waals surface area contributed by atoms with Crippen LogP contribution >= 0.6 is 0 Å². The highest BCUT2D eigenvalue weighted by Gasteiger charge is 2.71. The van der Waals surface area contributed by atoms with Crippen molar-refractivity contribution < 1.29 is 14.3 Å². The molecule has 0 aromatic heterocycles. The van der Waals surface area contributed by atoms with Crippen LogP contribution in [0.15, 0.2) is 12.2 Å². The van der Waals surface area contributed by atoms with E-state index < -0.39 is 0 Å². The summed E-state index contributed by atoms with van der Waals surface area (Å²) in [6.45, 7) is 26.9. The van der Waals surface area contributed by atoms with E-state index in [1.54, 1.807) is 0 Å². The Hall–Kier alpha value is -1.36. The van der Waals surface area contributed by atoms with Crippen LogP contribution in [0.1, 0.15) is 126 Å². The van der Waals surface area contributed by atoms with E-state index in [0.29, 0.717) is 66.2 Å². The summed E-state index contributed by atoms with van der Waals surface area (Å²) in [7, 11) is 0. The molecule has 0 aromatic carbocycles. The number of ether oxygens (including phenoxy) is 1. The first-order chi connectivity index (χ1) is 21.5. The number of fused-ring (bicyclic) bond motifs is 7. The maximum Gasteiger partial charge on any atom is 0.226 e.